The highest BCUT2D eigenvalue weighted by atomic mass is 19.1. The van der Waals surface area contributed by atoms with Crippen LogP contribution in [0.25, 0.3) is 0 Å². The fourth-order valence-electron chi connectivity index (χ4n) is 3.44. The molecule has 3 unspecified atom stereocenters. The van der Waals surface area contributed by atoms with Crippen molar-refractivity contribution >= 4 is 6.09 Å². The maximum atomic E-state index is 13.5. The summed E-state index contributed by atoms with van der Waals surface area (Å²) in [5.41, 5.74) is 0.729. The lowest BCUT2D eigenvalue weighted by Gasteiger charge is -2.37. The number of nitrogens with zero attached hydrogens (tertiary/aromatic N) is 1. The molecule has 2 aliphatic heterocycles. The maximum Gasteiger partial charge on any atom is 0.410 e. The minimum absolute atomic E-state index is 0.0970. The summed E-state index contributed by atoms with van der Waals surface area (Å²) in [5, 5.41) is 10.1. The van der Waals surface area contributed by atoms with Gasteiger partial charge in [-0.05, 0) is 56.9 Å². The summed E-state index contributed by atoms with van der Waals surface area (Å²) in [6, 6.07) is 4.18. The predicted octanol–water partition coefficient (Wildman–Crippen LogP) is 3.33. The van der Waals surface area contributed by atoms with Crippen LogP contribution in [0.5, 0.6) is 0 Å². The van der Waals surface area contributed by atoms with Crippen molar-refractivity contribution in [1.82, 2.24) is 4.90 Å². The Morgan fingerprint density at radius 2 is 2.12 bits per heavy atom. The van der Waals surface area contributed by atoms with Crippen LogP contribution in [0, 0.1) is 5.82 Å². The smallest absolute Gasteiger partial charge is 0.410 e. The van der Waals surface area contributed by atoms with Gasteiger partial charge in [-0.15, -0.1) is 0 Å². The highest BCUT2D eigenvalue weighted by Gasteiger charge is 2.41. The Labute approximate surface area is 141 Å². The Bertz CT molecular complexity index is 628. The number of hydrogen-bond acceptors (Lipinski definition) is 4. The molecular weight excluding hydrogens is 313 g/mol. The van der Waals surface area contributed by atoms with Gasteiger partial charge >= 0.3 is 6.09 Å². The minimum atomic E-state index is -0.844. The van der Waals surface area contributed by atoms with Crippen LogP contribution < -0.4 is 0 Å². The number of carbonyl (C=O) groups excluding carboxylic acids is 1. The molecule has 1 aromatic rings. The van der Waals surface area contributed by atoms with Crippen LogP contribution in [0.1, 0.15) is 56.9 Å². The van der Waals surface area contributed by atoms with Gasteiger partial charge in [-0.25, -0.2) is 9.18 Å². The summed E-state index contributed by atoms with van der Waals surface area (Å²) in [5.74, 6) is -0.385. The van der Waals surface area contributed by atoms with Crippen molar-refractivity contribution in [1.29, 1.82) is 0 Å². The number of benzene rings is 1. The quantitative estimate of drug-likeness (QED) is 0.854. The molecule has 0 aliphatic carbocycles. The summed E-state index contributed by atoms with van der Waals surface area (Å²) in [4.78, 5) is 14.2. The lowest BCUT2D eigenvalue weighted by molar-refractivity contribution is -0.0641. The van der Waals surface area contributed by atoms with Gasteiger partial charge in [-0.2, -0.15) is 0 Å². The molecule has 1 aromatic carbocycles. The molecule has 132 valence electrons. The third kappa shape index (κ3) is 3.39. The maximum absolute atomic E-state index is 13.5. The molecule has 3 atom stereocenters. The second-order valence-corrected chi connectivity index (χ2v) is 7.43. The second kappa shape index (κ2) is 6.33. The van der Waals surface area contributed by atoms with Crippen LogP contribution in [0.2, 0.25) is 0 Å². The van der Waals surface area contributed by atoms with Crippen LogP contribution in [0.15, 0.2) is 18.2 Å². The third-order valence-electron chi connectivity index (χ3n) is 4.42. The van der Waals surface area contributed by atoms with Gasteiger partial charge in [-0.3, -0.25) is 0 Å². The molecule has 5 nitrogen and oxygen atoms in total. The van der Waals surface area contributed by atoms with Gasteiger partial charge < -0.3 is 19.5 Å². The van der Waals surface area contributed by atoms with Gasteiger partial charge in [-0.1, -0.05) is 6.07 Å². The van der Waals surface area contributed by atoms with E-state index in [9.17, 15) is 14.3 Å². The number of aliphatic hydroxyl groups is 1. The average Bonchev–Trinajstić information content (AvgIpc) is 2.96. The van der Waals surface area contributed by atoms with Crippen LogP contribution in [-0.4, -0.2) is 40.9 Å². The Morgan fingerprint density at radius 3 is 2.83 bits per heavy atom. The molecule has 0 aromatic heterocycles. The predicted molar refractivity (Wildman–Crippen MR) is 86.0 cm³/mol. The Hall–Kier alpha value is -1.66. The highest BCUT2D eigenvalue weighted by molar-refractivity contribution is 5.69. The molecule has 1 N–H and O–H groups in total. The topological polar surface area (TPSA) is 59.0 Å². The fraction of sp³-hybridized carbons (Fsp3) is 0.611. The van der Waals surface area contributed by atoms with E-state index < -0.39 is 11.7 Å². The van der Waals surface area contributed by atoms with E-state index in [1.807, 2.05) is 20.8 Å². The van der Waals surface area contributed by atoms with Crippen LogP contribution in [0.4, 0.5) is 9.18 Å². The number of fused-ring (bicyclic) bond motifs is 1. The summed E-state index contributed by atoms with van der Waals surface area (Å²) < 4.78 is 24.8. The molecule has 0 saturated carbocycles. The number of halogens is 1. The van der Waals surface area contributed by atoms with E-state index in [1.54, 1.807) is 11.0 Å². The van der Waals surface area contributed by atoms with E-state index in [0.29, 0.717) is 12.1 Å². The fourth-order valence-corrected chi connectivity index (χ4v) is 3.44. The third-order valence-corrected chi connectivity index (χ3v) is 4.42. The van der Waals surface area contributed by atoms with E-state index in [1.165, 1.54) is 12.1 Å². The van der Waals surface area contributed by atoms with Crippen molar-refractivity contribution in [2.45, 2.75) is 57.5 Å². The molecule has 1 saturated heterocycles. The summed E-state index contributed by atoms with van der Waals surface area (Å²) in [6.45, 7) is 6.21. The molecule has 0 spiro atoms. The standard InChI is InChI=1S/C18H24FNO4/c1-18(2,3)24-17(22)20-8-4-5-14(20)16-12-7-6-11(19)9-13(12)15(21)10-23-16/h6-7,9,14-16,21H,4-5,8,10H2,1-3H3. The van der Waals surface area contributed by atoms with Crippen molar-refractivity contribution in [2.75, 3.05) is 13.2 Å². The molecule has 2 heterocycles. The van der Waals surface area contributed by atoms with Crippen molar-refractivity contribution in [3.8, 4) is 0 Å². The Kier molecular flexibility index (Phi) is 4.53. The first kappa shape index (κ1) is 17.2. The number of ether oxygens (including phenoxy) is 2. The SMILES string of the molecule is CC(C)(C)OC(=O)N1CCCC1C1OCC(O)c2cc(F)ccc21. The van der Waals surface area contributed by atoms with Gasteiger partial charge in [0, 0.05) is 6.54 Å². The second-order valence-electron chi connectivity index (χ2n) is 7.43. The van der Waals surface area contributed by atoms with Crippen molar-refractivity contribution in [2.24, 2.45) is 0 Å². The van der Waals surface area contributed by atoms with Crippen LogP contribution in [-0.2, 0) is 9.47 Å². The monoisotopic (exact) mass is 337 g/mol. The Balaban J connectivity index is 1.86. The normalized spacial score (nSPS) is 27.0. The van der Waals surface area contributed by atoms with Crippen molar-refractivity contribution in [3.63, 3.8) is 0 Å². The molecule has 1 fully saturated rings. The first-order valence-electron chi connectivity index (χ1n) is 8.35. The van der Waals surface area contributed by atoms with E-state index in [2.05, 4.69) is 0 Å². The van der Waals surface area contributed by atoms with E-state index in [4.69, 9.17) is 9.47 Å². The molecule has 0 radical (unpaired) electrons. The lowest BCUT2D eigenvalue weighted by Crippen LogP contribution is -2.44. The van der Waals surface area contributed by atoms with Gasteiger partial charge in [0.25, 0.3) is 0 Å². The van der Waals surface area contributed by atoms with E-state index in [0.717, 1.165) is 18.4 Å². The molecule has 0 bridgehead atoms. The van der Waals surface area contributed by atoms with Gasteiger partial charge in [0.1, 0.15) is 23.6 Å². The zero-order chi connectivity index (χ0) is 17.5. The molecule has 24 heavy (non-hydrogen) atoms. The van der Waals surface area contributed by atoms with Crippen molar-refractivity contribution < 1.29 is 23.8 Å². The molecular formula is C18H24FNO4. The van der Waals surface area contributed by atoms with E-state index in [-0.39, 0.29) is 30.7 Å². The number of amides is 1. The van der Waals surface area contributed by atoms with Gasteiger partial charge in [0.2, 0.25) is 0 Å². The van der Waals surface area contributed by atoms with Crippen LogP contribution >= 0.6 is 0 Å². The largest absolute Gasteiger partial charge is 0.444 e. The number of likely N-dealkylation sites (tertiary alicyclic amines) is 1. The summed E-state index contributed by atoms with van der Waals surface area (Å²) in [7, 11) is 0. The van der Waals surface area contributed by atoms with Gasteiger partial charge in [0.05, 0.1) is 12.6 Å². The first-order valence-corrected chi connectivity index (χ1v) is 8.35. The summed E-state index contributed by atoms with van der Waals surface area (Å²) in [6.07, 6.45) is 0.0744. The molecule has 1 amide bonds. The molecule has 3 rings (SSSR count). The zero-order valence-corrected chi connectivity index (χ0v) is 14.3. The average molecular weight is 337 g/mol. The van der Waals surface area contributed by atoms with Gasteiger partial charge in [0.15, 0.2) is 0 Å². The van der Waals surface area contributed by atoms with Crippen LogP contribution in [0.3, 0.4) is 0 Å². The Morgan fingerprint density at radius 1 is 1.38 bits per heavy atom. The van der Waals surface area contributed by atoms with Crippen molar-refractivity contribution in [3.05, 3.63) is 35.1 Å². The number of aliphatic hydroxyl groups excluding tert-OH is 1. The minimum Gasteiger partial charge on any atom is -0.444 e. The summed E-state index contributed by atoms with van der Waals surface area (Å²) >= 11 is 0. The lowest BCUT2D eigenvalue weighted by atomic mass is 9.91. The molecule has 6 heteroatoms. The zero-order valence-electron chi connectivity index (χ0n) is 14.3. The first-order chi connectivity index (χ1) is 11.3. The number of rotatable bonds is 1. The molecule has 2 aliphatic rings. The number of carbonyl (C=O) groups is 1. The van der Waals surface area contributed by atoms with E-state index >= 15 is 0 Å². The number of hydrogen-bond donors (Lipinski definition) is 1. The highest BCUT2D eigenvalue weighted by Crippen LogP contribution is 2.40.